The lowest BCUT2D eigenvalue weighted by Crippen LogP contribution is -2.09. The van der Waals surface area contributed by atoms with Gasteiger partial charge >= 0.3 is 0 Å². The normalized spacial score (nSPS) is 11.2. The fraction of sp³-hybridized carbons (Fsp3) is 0.347. The second-order valence-electron chi connectivity index (χ2n) is 15.5. The second-order valence-corrected chi connectivity index (χ2v) is 16.5. The van der Waals surface area contributed by atoms with Gasteiger partial charge in [0.2, 0.25) is 0 Å². The van der Waals surface area contributed by atoms with E-state index in [0.717, 1.165) is 69.6 Å². The van der Waals surface area contributed by atoms with Gasteiger partial charge in [-0.25, -0.2) is 0 Å². The van der Waals surface area contributed by atoms with Crippen LogP contribution in [0.1, 0.15) is 121 Å². The highest BCUT2D eigenvalue weighted by Crippen LogP contribution is 2.41. The molecule has 0 saturated heterocycles. The van der Waals surface area contributed by atoms with Crippen LogP contribution in [0.3, 0.4) is 0 Å². The summed E-state index contributed by atoms with van der Waals surface area (Å²) in [5.74, 6) is 0. The number of nitriles is 4. The standard InChI is InChI=1S/C49H47N9S2/c1-3-5-7-9-11-13-15-39(16-14-12-10-8-6-4-2)58-44-27-35(40-21-19-37(25-33(29-50)30-51)46-48(40)56-59-54-46)17-23-42(44)43-24-18-36(28-45(43)58)41-22-20-38(26-34(31-52)32-53)47-49(41)57-60-55-47/h17-28,39H,3-16H2,1-2H3. The molecule has 3 heterocycles. The molecule has 300 valence electrons. The van der Waals surface area contributed by atoms with Gasteiger partial charge in [0, 0.05) is 50.1 Å². The molecule has 0 fully saturated rings. The second kappa shape index (κ2) is 20.1. The van der Waals surface area contributed by atoms with E-state index in [9.17, 15) is 21.0 Å². The summed E-state index contributed by atoms with van der Waals surface area (Å²) in [6, 6.07) is 29.5. The van der Waals surface area contributed by atoms with Crippen molar-refractivity contribution in [1.29, 1.82) is 21.0 Å². The van der Waals surface area contributed by atoms with Gasteiger partial charge in [0.05, 0.1) is 23.5 Å². The summed E-state index contributed by atoms with van der Waals surface area (Å²) in [6.07, 6.45) is 20.3. The molecule has 0 N–H and O–H groups in total. The lowest BCUT2D eigenvalue weighted by molar-refractivity contribution is 0.410. The van der Waals surface area contributed by atoms with E-state index in [0.29, 0.717) is 28.2 Å². The van der Waals surface area contributed by atoms with Gasteiger partial charge in [0.15, 0.2) is 0 Å². The first-order chi connectivity index (χ1) is 29.5. The number of fused-ring (bicyclic) bond motifs is 5. The molecule has 0 saturated carbocycles. The largest absolute Gasteiger partial charge is 0.337 e. The molecule has 0 unspecified atom stereocenters. The molecular weight excluding hydrogens is 779 g/mol. The zero-order valence-electron chi connectivity index (χ0n) is 34.2. The van der Waals surface area contributed by atoms with Gasteiger partial charge in [0.1, 0.15) is 57.5 Å². The van der Waals surface area contributed by atoms with Crippen LogP contribution in [0, 0.1) is 45.3 Å². The van der Waals surface area contributed by atoms with Gasteiger partial charge in [0.25, 0.3) is 0 Å². The number of aromatic nitrogens is 5. The topological polar surface area (TPSA) is 152 Å². The highest BCUT2D eigenvalue weighted by Gasteiger charge is 2.22. The van der Waals surface area contributed by atoms with E-state index in [4.69, 9.17) is 8.75 Å². The van der Waals surface area contributed by atoms with Crippen LogP contribution < -0.4 is 0 Å². The third-order valence-corrected chi connectivity index (χ3v) is 12.6. The van der Waals surface area contributed by atoms with E-state index in [-0.39, 0.29) is 11.1 Å². The summed E-state index contributed by atoms with van der Waals surface area (Å²) in [5.41, 5.74) is 10.6. The molecule has 7 rings (SSSR count). The number of hydrogen-bond acceptors (Lipinski definition) is 10. The molecule has 3 aromatic heterocycles. The summed E-state index contributed by atoms with van der Waals surface area (Å²) >= 11 is 2.26. The number of hydrogen-bond donors (Lipinski definition) is 0. The molecule has 4 aromatic carbocycles. The van der Waals surface area contributed by atoms with Gasteiger partial charge in [-0.15, -0.1) is 0 Å². The maximum Gasteiger partial charge on any atom is 0.130 e. The minimum atomic E-state index is 0.0239. The van der Waals surface area contributed by atoms with Gasteiger partial charge in [-0.3, -0.25) is 0 Å². The molecule has 0 amide bonds. The highest BCUT2D eigenvalue weighted by atomic mass is 32.1. The van der Waals surface area contributed by atoms with Crippen LogP contribution in [0.15, 0.2) is 71.8 Å². The Balaban J connectivity index is 1.39. The number of benzene rings is 4. The maximum atomic E-state index is 9.45. The quantitative estimate of drug-likeness (QED) is 0.0577. The van der Waals surface area contributed by atoms with Crippen molar-refractivity contribution in [2.24, 2.45) is 0 Å². The Morgan fingerprint density at radius 2 is 0.933 bits per heavy atom. The Labute approximate surface area is 360 Å². The van der Waals surface area contributed by atoms with Gasteiger partial charge in [-0.05, 0) is 48.3 Å². The maximum absolute atomic E-state index is 9.45. The summed E-state index contributed by atoms with van der Waals surface area (Å²) < 4.78 is 21.2. The molecule has 9 nitrogen and oxygen atoms in total. The minimum Gasteiger partial charge on any atom is -0.337 e. The van der Waals surface area contributed by atoms with Gasteiger partial charge in [-0.1, -0.05) is 139 Å². The van der Waals surface area contributed by atoms with Crippen LogP contribution in [-0.2, 0) is 0 Å². The molecule has 7 aromatic rings. The monoisotopic (exact) mass is 825 g/mol. The highest BCUT2D eigenvalue weighted by molar-refractivity contribution is 7.00. The van der Waals surface area contributed by atoms with Crippen LogP contribution in [0.5, 0.6) is 0 Å². The molecule has 0 aliphatic carbocycles. The van der Waals surface area contributed by atoms with E-state index in [1.165, 1.54) is 98.9 Å². The zero-order valence-corrected chi connectivity index (χ0v) is 35.9. The Kier molecular flexibility index (Phi) is 14.1. The summed E-state index contributed by atoms with van der Waals surface area (Å²) in [5, 5.41) is 40.2. The Morgan fingerprint density at radius 3 is 1.35 bits per heavy atom. The number of rotatable bonds is 19. The first kappa shape index (κ1) is 41.9. The van der Waals surface area contributed by atoms with Crippen molar-refractivity contribution in [3.63, 3.8) is 0 Å². The SMILES string of the molecule is CCCCCCCCC(CCCCCCCC)n1c2cc(-c3ccc(C=C(C#N)C#N)c4nsnc34)ccc2c2ccc(-c3ccc(C=C(C#N)C#N)c4nsnc34)cc21. The summed E-state index contributed by atoms with van der Waals surface area (Å²) in [6.45, 7) is 4.53. The molecule has 0 aliphatic rings. The summed E-state index contributed by atoms with van der Waals surface area (Å²) in [7, 11) is 0. The smallest absolute Gasteiger partial charge is 0.130 e. The molecule has 11 heteroatoms. The summed E-state index contributed by atoms with van der Waals surface area (Å²) in [4.78, 5) is 0. The minimum absolute atomic E-state index is 0.0239. The van der Waals surface area contributed by atoms with E-state index in [1.807, 2.05) is 48.5 Å². The van der Waals surface area contributed by atoms with Crippen LogP contribution in [-0.4, -0.2) is 22.1 Å². The van der Waals surface area contributed by atoms with E-state index >= 15 is 0 Å². The van der Waals surface area contributed by atoms with Crippen molar-refractivity contribution in [2.45, 2.75) is 110 Å². The van der Waals surface area contributed by atoms with Crippen molar-refractivity contribution >= 4 is 79.5 Å². The van der Waals surface area contributed by atoms with E-state index < -0.39 is 0 Å². The first-order valence-corrected chi connectivity index (χ1v) is 22.6. The Morgan fingerprint density at radius 1 is 0.533 bits per heavy atom. The van der Waals surface area contributed by atoms with Crippen molar-refractivity contribution in [3.05, 3.63) is 82.9 Å². The predicted octanol–water partition coefficient (Wildman–Crippen LogP) is 14.0. The van der Waals surface area contributed by atoms with E-state index in [2.05, 4.69) is 63.6 Å². The average molecular weight is 826 g/mol. The predicted molar refractivity (Wildman–Crippen MR) is 246 cm³/mol. The van der Waals surface area contributed by atoms with Crippen LogP contribution in [0.25, 0.3) is 78.3 Å². The lowest BCUT2D eigenvalue weighted by Gasteiger charge is -2.22. The lowest BCUT2D eigenvalue weighted by atomic mass is 9.98. The van der Waals surface area contributed by atoms with E-state index in [1.54, 1.807) is 12.2 Å². The molecule has 60 heavy (non-hydrogen) atoms. The van der Waals surface area contributed by atoms with Crippen molar-refractivity contribution in [1.82, 2.24) is 22.1 Å². The van der Waals surface area contributed by atoms with Crippen LogP contribution in [0.4, 0.5) is 0 Å². The first-order valence-electron chi connectivity index (χ1n) is 21.2. The van der Waals surface area contributed by atoms with Gasteiger partial charge in [-0.2, -0.15) is 38.5 Å². The fourth-order valence-electron chi connectivity index (χ4n) is 8.46. The van der Waals surface area contributed by atoms with Crippen molar-refractivity contribution in [2.75, 3.05) is 0 Å². The molecule has 0 spiro atoms. The number of unbranched alkanes of at least 4 members (excludes halogenated alkanes) is 10. The molecule has 0 radical (unpaired) electrons. The van der Waals surface area contributed by atoms with Crippen LogP contribution >= 0.6 is 23.5 Å². The van der Waals surface area contributed by atoms with Crippen molar-refractivity contribution in [3.8, 4) is 46.5 Å². The number of allylic oxidation sites excluding steroid dienone is 2. The zero-order chi connectivity index (χ0) is 41.8. The van der Waals surface area contributed by atoms with Crippen molar-refractivity contribution < 1.29 is 0 Å². The number of nitrogens with zero attached hydrogens (tertiary/aromatic N) is 9. The third kappa shape index (κ3) is 9.00. The molecular formula is C49H47N9S2. The molecule has 0 aliphatic heterocycles. The Bertz CT molecular complexity index is 2660. The fourth-order valence-corrected chi connectivity index (χ4v) is 9.62. The van der Waals surface area contributed by atoms with Crippen LogP contribution in [0.2, 0.25) is 0 Å². The molecule has 0 atom stereocenters. The third-order valence-electron chi connectivity index (χ3n) is 11.5. The Hall–Kier alpha value is -6.24. The van der Waals surface area contributed by atoms with Gasteiger partial charge < -0.3 is 4.57 Å². The average Bonchev–Trinajstić information content (AvgIpc) is 4.05. The molecule has 0 bridgehead atoms.